The van der Waals surface area contributed by atoms with Crippen LogP contribution in [-0.4, -0.2) is 51.6 Å². The standard InChI is InChI=1S/C22H30N3O9P/c1-13(2)32-21(28)15(4)24-35(30,34-16-8-6-5-7-9-16)31-12-17-14(3)19(27)20(33-17)25-11-10-18(26)23-22(25)29/h5-11,13-15,17,19-20,27H,12H2,1-4H3,(H,24,30)(H,23,26,29)/t14-,15-,17-,19-,20-,35?/m1/s1. The van der Waals surface area contributed by atoms with Gasteiger partial charge < -0.3 is 19.1 Å². The number of aromatic nitrogens is 2. The van der Waals surface area contributed by atoms with Crippen molar-refractivity contribution in [1.82, 2.24) is 14.6 Å². The van der Waals surface area contributed by atoms with E-state index in [1.165, 1.54) is 13.1 Å². The fourth-order valence-electron chi connectivity index (χ4n) is 3.42. The summed E-state index contributed by atoms with van der Waals surface area (Å²) in [6, 6.07) is 8.38. The summed E-state index contributed by atoms with van der Waals surface area (Å²) in [7, 11) is -4.13. The van der Waals surface area contributed by atoms with Crippen LogP contribution in [0.25, 0.3) is 0 Å². The lowest BCUT2D eigenvalue weighted by atomic mass is 10.0. The summed E-state index contributed by atoms with van der Waals surface area (Å²) in [6.45, 7) is 6.22. The number of rotatable bonds is 10. The molecule has 2 heterocycles. The van der Waals surface area contributed by atoms with Crippen LogP contribution >= 0.6 is 7.75 Å². The summed E-state index contributed by atoms with van der Waals surface area (Å²) in [4.78, 5) is 37.9. The van der Waals surface area contributed by atoms with E-state index in [2.05, 4.69) is 10.1 Å². The summed E-state index contributed by atoms with van der Waals surface area (Å²) in [5, 5.41) is 13.2. The zero-order valence-electron chi connectivity index (χ0n) is 19.8. The fraction of sp³-hybridized carbons (Fsp3) is 0.500. The lowest BCUT2D eigenvalue weighted by Crippen LogP contribution is -2.37. The average molecular weight is 511 g/mol. The number of nitrogens with one attached hydrogen (secondary N) is 2. The molecule has 12 nitrogen and oxygen atoms in total. The molecule has 35 heavy (non-hydrogen) atoms. The van der Waals surface area contributed by atoms with Crippen molar-refractivity contribution in [3.63, 3.8) is 0 Å². The first-order valence-electron chi connectivity index (χ1n) is 11.1. The monoisotopic (exact) mass is 511 g/mol. The predicted octanol–water partition coefficient (Wildman–Crippen LogP) is 1.56. The first kappa shape index (κ1) is 26.8. The maximum Gasteiger partial charge on any atom is 0.459 e. The van der Waals surface area contributed by atoms with Crippen molar-refractivity contribution in [2.45, 2.75) is 58.3 Å². The topological polar surface area (TPSA) is 158 Å². The van der Waals surface area contributed by atoms with Gasteiger partial charge in [0.2, 0.25) is 0 Å². The Labute approximate surface area is 201 Å². The number of aromatic amines is 1. The first-order chi connectivity index (χ1) is 16.5. The maximum atomic E-state index is 13.6. The number of benzene rings is 1. The normalized spacial score (nSPS) is 24.6. The summed E-state index contributed by atoms with van der Waals surface area (Å²) in [6.07, 6.45) is -2.15. The van der Waals surface area contributed by atoms with Crippen molar-refractivity contribution >= 4 is 13.7 Å². The fourth-order valence-corrected chi connectivity index (χ4v) is 4.92. The minimum atomic E-state index is -4.13. The van der Waals surface area contributed by atoms with Crippen LogP contribution in [0.4, 0.5) is 0 Å². The second-order valence-electron chi connectivity index (χ2n) is 8.47. The van der Waals surface area contributed by atoms with Gasteiger partial charge in [0, 0.05) is 18.2 Å². The zero-order valence-corrected chi connectivity index (χ0v) is 20.7. The van der Waals surface area contributed by atoms with Gasteiger partial charge in [0.25, 0.3) is 5.56 Å². The Balaban J connectivity index is 1.75. The Morgan fingerprint density at radius 1 is 1.23 bits per heavy atom. The van der Waals surface area contributed by atoms with E-state index in [9.17, 15) is 24.1 Å². The number of hydrogen-bond donors (Lipinski definition) is 3. The number of H-pyrrole nitrogens is 1. The van der Waals surface area contributed by atoms with Gasteiger partial charge in [-0.05, 0) is 32.9 Å². The van der Waals surface area contributed by atoms with Crippen LogP contribution in [0, 0.1) is 5.92 Å². The second-order valence-corrected chi connectivity index (χ2v) is 10.2. The summed E-state index contributed by atoms with van der Waals surface area (Å²) in [5.74, 6) is -0.933. The summed E-state index contributed by atoms with van der Waals surface area (Å²) < 4.78 is 36.8. The van der Waals surface area contributed by atoms with Crippen LogP contribution in [0.1, 0.15) is 33.9 Å². The molecule has 0 amide bonds. The van der Waals surface area contributed by atoms with Gasteiger partial charge in [-0.2, -0.15) is 5.09 Å². The lowest BCUT2D eigenvalue weighted by Gasteiger charge is -2.25. The number of esters is 1. The minimum Gasteiger partial charge on any atom is -0.462 e. The quantitative estimate of drug-likeness (QED) is 0.316. The molecule has 1 saturated heterocycles. The molecule has 0 spiro atoms. The third-order valence-electron chi connectivity index (χ3n) is 5.29. The molecule has 1 aliphatic heterocycles. The van der Waals surface area contributed by atoms with E-state index in [0.29, 0.717) is 0 Å². The molecule has 0 bridgehead atoms. The molecule has 0 aliphatic carbocycles. The highest BCUT2D eigenvalue weighted by atomic mass is 31.2. The predicted molar refractivity (Wildman–Crippen MR) is 125 cm³/mol. The molecule has 1 unspecified atom stereocenters. The zero-order chi connectivity index (χ0) is 25.8. The van der Waals surface area contributed by atoms with E-state index >= 15 is 0 Å². The summed E-state index contributed by atoms with van der Waals surface area (Å²) >= 11 is 0. The van der Waals surface area contributed by atoms with Gasteiger partial charge in [0.1, 0.15) is 17.9 Å². The van der Waals surface area contributed by atoms with Gasteiger partial charge in [-0.1, -0.05) is 25.1 Å². The van der Waals surface area contributed by atoms with Gasteiger partial charge in [-0.15, -0.1) is 0 Å². The number of carbonyl (C=O) groups is 1. The molecule has 192 valence electrons. The van der Waals surface area contributed by atoms with E-state index in [4.69, 9.17) is 18.5 Å². The van der Waals surface area contributed by atoms with E-state index in [-0.39, 0.29) is 18.5 Å². The number of hydrogen-bond acceptors (Lipinski definition) is 9. The molecule has 13 heteroatoms. The van der Waals surface area contributed by atoms with Crippen molar-refractivity contribution in [3.05, 3.63) is 63.4 Å². The number of carbonyl (C=O) groups excluding carboxylic acids is 1. The van der Waals surface area contributed by atoms with Gasteiger partial charge in [0.05, 0.1) is 18.8 Å². The minimum absolute atomic E-state index is 0.242. The molecule has 0 radical (unpaired) electrons. The molecule has 3 N–H and O–H groups in total. The SMILES string of the molecule is CC(C)OC(=O)[C@@H](C)NP(=O)(OC[C@H]1O[C@@H](n2ccc(=O)[nH]c2=O)[C@H](O)[C@@H]1C)Oc1ccccc1. The summed E-state index contributed by atoms with van der Waals surface area (Å²) in [5.41, 5.74) is -1.32. The van der Waals surface area contributed by atoms with E-state index in [1.807, 2.05) is 0 Å². The Morgan fingerprint density at radius 3 is 2.54 bits per heavy atom. The highest BCUT2D eigenvalue weighted by Crippen LogP contribution is 2.46. The Hall–Kier alpha value is -2.76. The average Bonchev–Trinajstić information content (AvgIpc) is 3.06. The smallest absolute Gasteiger partial charge is 0.459 e. The molecule has 1 aromatic carbocycles. The first-order valence-corrected chi connectivity index (χ1v) is 12.7. The lowest BCUT2D eigenvalue weighted by molar-refractivity contribution is -0.149. The van der Waals surface area contributed by atoms with Crippen LogP contribution in [0.15, 0.2) is 52.2 Å². The molecule has 1 aliphatic rings. The molecule has 1 aromatic heterocycles. The number of para-hydroxylation sites is 1. The van der Waals surface area contributed by atoms with Crippen molar-refractivity contribution in [2.75, 3.05) is 6.61 Å². The van der Waals surface area contributed by atoms with Crippen molar-refractivity contribution in [2.24, 2.45) is 5.92 Å². The molecule has 3 rings (SSSR count). The number of ether oxygens (including phenoxy) is 2. The highest BCUT2D eigenvalue weighted by Gasteiger charge is 2.44. The molecular formula is C22H30N3O9P. The number of aliphatic hydroxyl groups is 1. The Bertz CT molecular complexity index is 1170. The Kier molecular flexibility index (Phi) is 8.68. The third kappa shape index (κ3) is 6.89. The van der Waals surface area contributed by atoms with Crippen molar-refractivity contribution < 1.29 is 33.0 Å². The van der Waals surface area contributed by atoms with Gasteiger partial charge in [-0.3, -0.25) is 23.7 Å². The molecule has 2 aromatic rings. The largest absolute Gasteiger partial charge is 0.462 e. The van der Waals surface area contributed by atoms with Crippen LogP contribution in [0.5, 0.6) is 5.75 Å². The molecule has 6 atom stereocenters. The van der Waals surface area contributed by atoms with Crippen LogP contribution in [-0.2, 0) is 23.4 Å². The molecule has 1 fully saturated rings. The highest BCUT2D eigenvalue weighted by molar-refractivity contribution is 7.52. The van der Waals surface area contributed by atoms with Gasteiger partial charge in [0.15, 0.2) is 6.23 Å². The maximum absolute atomic E-state index is 13.6. The number of nitrogens with zero attached hydrogens (tertiary/aromatic N) is 1. The van der Waals surface area contributed by atoms with Crippen molar-refractivity contribution in [3.8, 4) is 5.75 Å². The molecule has 0 saturated carbocycles. The number of aliphatic hydroxyl groups excluding tert-OH is 1. The van der Waals surface area contributed by atoms with Crippen molar-refractivity contribution in [1.29, 1.82) is 0 Å². The van der Waals surface area contributed by atoms with Crippen LogP contribution in [0.2, 0.25) is 0 Å². The van der Waals surface area contributed by atoms with E-state index in [1.54, 1.807) is 51.1 Å². The van der Waals surface area contributed by atoms with E-state index < -0.39 is 55.4 Å². The third-order valence-corrected chi connectivity index (χ3v) is 6.94. The van der Waals surface area contributed by atoms with E-state index in [0.717, 1.165) is 10.6 Å². The second kappa shape index (κ2) is 11.3. The van der Waals surface area contributed by atoms with Gasteiger partial charge in [-0.25, -0.2) is 9.36 Å². The van der Waals surface area contributed by atoms with Crippen LogP contribution in [0.3, 0.4) is 0 Å². The van der Waals surface area contributed by atoms with Gasteiger partial charge >= 0.3 is 19.4 Å². The van der Waals surface area contributed by atoms with Crippen LogP contribution < -0.4 is 20.9 Å². The Morgan fingerprint density at radius 2 is 1.91 bits per heavy atom. The molecular weight excluding hydrogens is 481 g/mol.